The summed E-state index contributed by atoms with van der Waals surface area (Å²) in [5.41, 5.74) is -0.440. The van der Waals surface area contributed by atoms with E-state index in [1.54, 1.807) is 0 Å². The lowest BCUT2D eigenvalue weighted by atomic mass is 10.0. The van der Waals surface area contributed by atoms with Crippen molar-refractivity contribution in [3.05, 3.63) is 0 Å². The van der Waals surface area contributed by atoms with Gasteiger partial charge in [-0.2, -0.15) is 0 Å². The maximum atomic E-state index is 11.2. The highest BCUT2D eigenvalue weighted by molar-refractivity contribution is 7.88. The van der Waals surface area contributed by atoms with Crippen LogP contribution >= 0.6 is 0 Å². The Balaban J connectivity index is 3.79. The standard InChI is InChI=1S/C14H32N2O2S/c1-6-7-8-9-10-11-13(2)15-12-14(3,4)16-19(5,17)18/h13,15-16H,6-12H2,1-5H3. The molecule has 0 aliphatic heterocycles. The van der Waals surface area contributed by atoms with Crippen LogP contribution in [0.3, 0.4) is 0 Å². The Morgan fingerprint density at radius 3 is 2.21 bits per heavy atom. The molecule has 0 fully saturated rings. The maximum absolute atomic E-state index is 11.2. The third-order valence-electron chi connectivity index (χ3n) is 3.09. The predicted molar refractivity (Wildman–Crippen MR) is 82.9 cm³/mol. The SMILES string of the molecule is CCCCCCCC(C)NCC(C)(C)NS(C)(=O)=O. The van der Waals surface area contributed by atoms with E-state index in [9.17, 15) is 8.42 Å². The summed E-state index contributed by atoms with van der Waals surface area (Å²) in [6, 6.07) is 0.433. The summed E-state index contributed by atoms with van der Waals surface area (Å²) in [5.74, 6) is 0. The fourth-order valence-electron chi connectivity index (χ4n) is 2.12. The molecule has 1 atom stereocenters. The molecule has 0 heterocycles. The zero-order valence-corrected chi connectivity index (χ0v) is 14.1. The number of hydrogen-bond acceptors (Lipinski definition) is 3. The molecule has 0 rings (SSSR count). The van der Waals surface area contributed by atoms with Crippen LogP contribution in [0, 0.1) is 0 Å². The summed E-state index contributed by atoms with van der Waals surface area (Å²) >= 11 is 0. The minimum Gasteiger partial charge on any atom is -0.312 e. The number of nitrogens with one attached hydrogen (secondary N) is 2. The van der Waals surface area contributed by atoms with Gasteiger partial charge in [-0.1, -0.05) is 39.0 Å². The Hall–Kier alpha value is -0.130. The molecule has 0 aliphatic carbocycles. The van der Waals surface area contributed by atoms with E-state index < -0.39 is 15.6 Å². The van der Waals surface area contributed by atoms with Crippen LogP contribution in [0.25, 0.3) is 0 Å². The second kappa shape index (κ2) is 8.93. The lowest BCUT2D eigenvalue weighted by Crippen LogP contribution is -2.51. The van der Waals surface area contributed by atoms with Gasteiger partial charge in [0.1, 0.15) is 0 Å². The highest BCUT2D eigenvalue weighted by Crippen LogP contribution is 2.08. The van der Waals surface area contributed by atoms with Crippen LogP contribution < -0.4 is 10.0 Å². The van der Waals surface area contributed by atoms with Gasteiger partial charge in [0, 0.05) is 18.1 Å². The largest absolute Gasteiger partial charge is 0.312 e. The van der Waals surface area contributed by atoms with E-state index in [0.717, 1.165) is 6.42 Å². The predicted octanol–water partition coefficient (Wildman–Crippen LogP) is 2.65. The molecule has 0 radical (unpaired) electrons. The van der Waals surface area contributed by atoms with Crippen LogP contribution in [-0.4, -0.2) is 32.8 Å². The van der Waals surface area contributed by atoms with E-state index in [2.05, 4.69) is 23.9 Å². The van der Waals surface area contributed by atoms with Gasteiger partial charge in [-0.25, -0.2) is 13.1 Å². The van der Waals surface area contributed by atoms with Crippen LogP contribution in [0.5, 0.6) is 0 Å². The second-order valence-electron chi connectivity index (χ2n) is 6.24. The number of hydrogen-bond donors (Lipinski definition) is 2. The van der Waals surface area contributed by atoms with E-state index >= 15 is 0 Å². The van der Waals surface area contributed by atoms with Gasteiger partial charge in [0.15, 0.2) is 0 Å². The molecular weight excluding hydrogens is 260 g/mol. The van der Waals surface area contributed by atoms with Gasteiger partial charge in [0.2, 0.25) is 10.0 Å². The van der Waals surface area contributed by atoms with Crippen molar-refractivity contribution < 1.29 is 8.42 Å². The monoisotopic (exact) mass is 292 g/mol. The van der Waals surface area contributed by atoms with Crippen LogP contribution in [0.4, 0.5) is 0 Å². The van der Waals surface area contributed by atoms with Crippen molar-refractivity contribution in [2.45, 2.75) is 77.8 Å². The minimum atomic E-state index is -3.15. The lowest BCUT2D eigenvalue weighted by Gasteiger charge is -2.27. The smallest absolute Gasteiger partial charge is 0.209 e. The normalized spacial score (nSPS) is 14.6. The van der Waals surface area contributed by atoms with Crippen molar-refractivity contribution in [3.8, 4) is 0 Å². The molecule has 2 N–H and O–H groups in total. The molecule has 0 spiro atoms. The van der Waals surface area contributed by atoms with Gasteiger partial charge in [0.05, 0.1) is 6.26 Å². The molecular formula is C14H32N2O2S. The quantitative estimate of drug-likeness (QED) is 0.576. The fraction of sp³-hybridized carbons (Fsp3) is 1.00. The third-order valence-corrected chi connectivity index (χ3v) is 4.02. The van der Waals surface area contributed by atoms with Crippen LogP contribution in [0.1, 0.15) is 66.2 Å². The highest BCUT2D eigenvalue weighted by Gasteiger charge is 2.22. The highest BCUT2D eigenvalue weighted by atomic mass is 32.2. The Kier molecular flexibility index (Phi) is 8.86. The van der Waals surface area contributed by atoms with Crippen molar-refractivity contribution in [2.75, 3.05) is 12.8 Å². The molecule has 1 unspecified atom stereocenters. The zero-order valence-electron chi connectivity index (χ0n) is 13.3. The number of unbranched alkanes of at least 4 members (excludes halogenated alkanes) is 4. The Morgan fingerprint density at radius 2 is 1.68 bits per heavy atom. The van der Waals surface area contributed by atoms with Crippen LogP contribution in [0.2, 0.25) is 0 Å². The molecule has 19 heavy (non-hydrogen) atoms. The maximum Gasteiger partial charge on any atom is 0.209 e. The summed E-state index contributed by atoms with van der Waals surface area (Å²) in [7, 11) is -3.15. The molecule has 0 saturated heterocycles. The minimum absolute atomic E-state index is 0.433. The van der Waals surface area contributed by atoms with Gasteiger partial charge >= 0.3 is 0 Å². The summed E-state index contributed by atoms with van der Waals surface area (Å²) in [6.45, 7) is 8.83. The van der Waals surface area contributed by atoms with Crippen molar-refractivity contribution in [2.24, 2.45) is 0 Å². The molecule has 0 aromatic carbocycles. The Labute approximate surface area is 119 Å². The molecule has 0 amide bonds. The summed E-state index contributed by atoms with van der Waals surface area (Å²) in [6.07, 6.45) is 8.82. The zero-order chi connectivity index (χ0) is 14.9. The molecule has 116 valence electrons. The first kappa shape index (κ1) is 18.9. The number of sulfonamides is 1. The van der Waals surface area contributed by atoms with Gasteiger partial charge in [-0.05, 0) is 27.2 Å². The second-order valence-corrected chi connectivity index (χ2v) is 7.99. The molecule has 0 aliphatic rings. The Bertz CT molecular complexity index is 326. The summed E-state index contributed by atoms with van der Waals surface area (Å²) in [5, 5.41) is 3.41. The lowest BCUT2D eigenvalue weighted by molar-refractivity contribution is 0.382. The van der Waals surface area contributed by atoms with Crippen LogP contribution in [-0.2, 0) is 10.0 Å². The number of rotatable bonds is 11. The van der Waals surface area contributed by atoms with E-state index in [0.29, 0.717) is 12.6 Å². The van der Waals surface area contributed by atoms with Crippen molar-refractivity contribution >= 4 is 10.0 Å². The molecule has 0 aromatic rings. The van der Waals surface area contributed by atoms with Gasteiger partial charge < -0.3 is 5.32 Å². The molecule has 5 heteroatoms. The Morgan fingerprint density at radius 1 is 1.11 bits per heavy atom. The summed E-state index contributed by atoms with van der Waals surface area (Å²) < 4.78 is 25.1. The third kappa shape index (κ3) is 12.6. The van der Waals surface area contributed by atoms with Crippen LogP contribution in [0.15, 0.2) is 0 Å². The molecule has 0 saturated carbocycles. The van der Waals surface area contributed by atoms with E-state index in [1.165, 1.54) is 38.4 Å². The molecule has 0 bridgehead atoms. The van der Waals surface area contributed by atoms with Crippen molar-refractivity contribution in [1.29, 1.82) is 0 Å². The molecule has 0 aromatic heterocycles. The average Bonchev–Trinajstić information content (AvgIpc) is 2.23. The average molecular weight is 292 g/mol. The topological polar surface area (TPSA) is 58.2 Å². The van der Waals surface area contributed by atoms with E-state index in [1.807, 2.05) is 13.8 Å². The van der Waals surface area contributed by atoms with Crippen molar-refractivity contribution in [3.63, 3.8) is 0 Å². The first-order chi connectivity index (χ1) is 8.66. The summed E-state index contributed by atoms with van der Waals surface area (Å²) in [4.78, 5) is 0. The van der Waals surface area contributed by atoms with Gasteiger partial charge in [0.25, 0.3) is 0 Å². The molecule has 4 nitrogen and oxygen atoms in total. The first-order valence-corrected chi connectivity index (χ1v) is 9.28. The van der Waals surface area contributed by atoms with Gasteiger partial charge in [-0.3, -0.25) is 0 Å². The van der Waals surface area contributed by atoms with E-state index in [-0.39, 0.29) is 0 Å². The fourth-order valence-corrected chi connectivity index (χ4v) is 3.20. The van der Waals surface area contributed by atoms with E-state index in [4.69, 9.17) is 0 Å². The van der Waals surface area contributed by atoms with Gasteiger partial charge in [-0.15, -0.1) is 0 Å². The first-order valence-electron chi connectivity index (χ1n) is 7.38. The van der Waals surface area contributed by atoms with Crippen molar-refractivity contribution in [1.82, 2.24) is 10.0 Å².